The molecule has 4 aliphatic rings. The quantitative estimate of drug-likeness (QED) is 0.614. The van der Waals surface area contributed by atoms with E-state index < -0.39 is 0 Å². The van der Waals surface area contributed by atoms with Gasteiger partial charge in [0.15, 0.2) is 5.78 Å². The van der Waals surface area contributed by atoms with Crippen molar-refractivity contribution in [3.8, 4) is 0 Å². The zero-order chi connectivity index (χ0) is 19.3. The number of aliphatic hydroxyl groups is 1. The van der Waals surface area contributed by atoms with Crippen molar-refractivity contribution in [3.63, 3.8) is 0 Å². The van der Waals surface area contributed by atoms with Crippen LogP contribution in [0.3, 0.4) is 0 Å². The molecule has 1 N–H and O–H groups in total. The standard InChI is InChI=1S/C23H34O2S2/c1-4-26-23(27-14-13-24)12-9-20-18-6-5-16-15-17(25)7-10-21(16,2)19(18)8-11-22(20,23)3/h7,10,15,18-20,24H,4-6,8-9,11-14H2,1-3H3/t18-,19+,20+,21+,22+,23?/m1/s1. The number of carbonyl (C=O) groups excluding carboxylic acids is 1. The van der Waals surface area contributed by atoms with Gasteiger partial charge in [-0.25, -0.2) is 0 Å². The summed E-state index contributed by atoms with van der Waals surface area (Å²) in [6, 6.07) is 0. The van der Waals surface area contributed by atoms with Crippen molar-refractivity contribution in [1.82, 2.24) is 0 Å². The lowest BCUT2D eigenvalue weighted by Gasteiger charge is -2.59. The molecular formula is C23H34O2S2. The van der Waals surface area contributed by atoms with Crippen LogP contribution in [-0.4, -0.2) is 33.1 Å². The molecule has 3 fully saturated rings. The lowest BCUT2D eigenvalue weighted by molar-refractivity contribution is -0.111. The van der Waals surface area contributed by atoms with E-state index >= 15 is 0 Å². The zero-order valence-corrected chi connectivity index (χ0v) is 18.6. The summed E-state index contributed by atoms with van der Waals surface area (Å²) in [6.45, 7) is 7.54. The summed E-state index contributed by atoms with van der Waals surface area (Å²) in [5.41, 5.74) is 1.85. The number of carbonyl (C=O) groups is 1. The van der Waals surface area contributed by atoms with Crippen LogP contribution in [-0.2, 0) is 4.79 Å². The van der Waals surface area contributed by atoms with E-state index in [1.165, 1.54) is 37.7 Å². The number of fused-ring (bicyclic) bond motifs is 5. The first-order chi connectivity index (χ1) is 12.9. The van der Waals surface area contributed by atoms with Crippen molar-refractivity contribution in [2.45, 2.75) is 63.4 Å². The van der Waals surface area contributed by atoms with Gasteiger partial charge in [-0.05, 0) is 79.6 Å². The number of thioether (sulfide) groups is 2. The molecule has 4 heteroatoms. The average molecular weight is 407 g/mol. The Morgan fingerprint density at radius 1 is 1.15 bits per heavy atom. The summed E-state index contributed by atoms with van der Waals surface area (Å²) in [7, 11) is 0. The fraction of sp³-hybridized carbons (Fsp3) is 0.783. The van der Waals surface area contributed by atoms with Crippen molar-refractivity contribution in [2.24, 2.45) is 28.6 Å². The zero-order valence-electron chi connectivity index (χ0n) is 17.0. The monoisotopic (exact) mass is 406 g/mol. The molecule has 3 saturated carbocycles. The molecule has 0 amide bonds. The van der Waals surface area contributed by atoms with Crippen LogP contribution >= 0.6 is 23.5 Å². The third kappa shape index (κ3) is 2.92. The minimum atomic E-state index is 0.0968. The van der Waals surface area contributed by atoms with Crippen LogP contribution in [0.5, 0.6) is 0 Å². The normalized spacial score (nSPS) is 45.9. The van der Waals surface area contributed by atoms with Crippen LogP contribution in [0.2, 0.25) is 0 Å². The van der Waals surface area contributed by atoms with Crippen LogP contribution < -0.4 is 0 Å². The topological polar surface area (TPSA) is 37.3 Å². The molecule has 0 spiro atoms. The first-order valence-corrected chi connectivity index (χ1v) is 12.7. The molecule has 6 atom stereocenters. The van der Waals surface area contributed by atoms with Crippen molar-refractivity contribution in [3.05, 3.63) is 23.8 Å². The van der Waals surface area contributed by atoms with E-state index in [9.17, 15) is 9.90 Å². The Balaban J connectivity index is 1.65. The van der Waals surface area contributed by atoms with E-state index in [4.69, 9.17) is 0 Å². The number of aliphatic hydroxyl groups excluding tert-OH is 1. The van der Waals surface area contributed by atoms with Gasteiger partial charge in [-0.15, -0.1) is 23.5 Å². The number of hydrogen-bond donors (Lipinski definition) is 1. The van der Waals surface area contributed by atoms with Gasteiger partial charge < -0.3 is 5.11 Å². The molecule has 0 aromatic rings. The second kappa shape index (κ2) is 7.25. The Hall–Kier alpha value is -0.190. The van der Waals surface area contributed by atoms with Crippen LogP contribution in [0.1, 0.15) is 59.3 Å². The van der Waals surface area contributed by atoms with Gasteiger partial charge in [-0.2, -0.15) is 0 Å². The van der Waals surface area contributed by atoms with Crippen LogP contribution in [0.4, 0.5) is 0 Å². The molecule has 0 bridgehead atoms. The summed E-state index contributed by atoms with van der Waals surface area (Å²) >= 11 is 4.20. The van der Waals surface area contributed by atoms with E-state index in [0.29, 0.717) is 11.3 Å². The molecule has 27 heavy (non-hydrogen) atoms. The van der Waals surface area contributed by atoms with E-state index in [-0.39, 0.29) is 21.9 Å². The molecule has 150 valence electrons. The minimum absolute atomic E-state index is 0.0968. The van der Waals surface area contributed by atoms with E-state index in [1.807, 2.05) is 23.9 Å². The summed E-state index contributed by atoms with van der Waals surface area (Å²) < 4.78 is 0.273. The lowest BCUT2D eigenvalue weighted by atomic mass is 9.48. The minimum Gasteiger partial charge on any atom is -0.396 e. The molecular weight excluding hydrogens is 372 g/mol. The van der Waals surface area contributed by atoms with Crippen molar-refractivity contribution < 1.29 is 9.90 Å². The van der Waals surface area contributed by atoms with Gasteiger partial charge >= 0.3 is 0 Å². The fourth-order valence-corrected chi connectivity index (χ4v) is 10.6. The highest BCUT2D eigenvalue weighted by Gasteiger charge is 2.64. The molecule has 0 heterocycles. The van der Waals surface area contributed by atoms with E-state index in [0.717, 1.165) is 29.8 Å². The van der Waals surface area contributed by atoms with Gasteiger partial charge in [0.25, 0.3) is 0 Å². The Bertz CT molecular complexity index is 671. The molecule has 0 aromatic heterocycles. The van der Waals surface area contributed by atoms with Gasteiger partial charge in [-0.1, -0.05) is 32.4 Å². The smallest absolute Gasteiger partial charge is 0.178 e. The Kier molecular flexibility index (Phi) is 5.40. The molecule has 0 aromatic carbocycles. The Morgan fingerprint density at radius 3 is 2.67 bits per heavy atom. The second-order valence-electron chi connectivity index (χ2n) is 9.36. The predicted molar refractivity (Wildman–Crippen MR) is 117 cm³/mol. The van der Waals surface area contributed by atoms with Gasteiger partial charge in [0, 0.05) is 11.2 Å². The summed E-state index contributed by atoms with van der Waals surface area (Å²) in [4.78, 5) is 11.9. The van der Waals surface area contributed by atoms with Crippen molar-refractivity contribution in [2.75, 3.05) is 18.1 Å². The number of rotatable bonds is 5. The summed E-state index contributed by atoms with van der Waals surface area (Å²) in [5, 5.41) is 9.49. The summed E-state index contributed by atoms with van der Waals surface area (Å²) in [5.74, 6) is 4.44. The molecule has 0 radical (unpaired) electrons. The molecule has 4 rings (SSSR count). The second-order valence-corrected chi connectivity index (χ2v) is 12.6. The summed E-state index contributed by atoms with van der Waals surface area (Å²) in [6.07, 6.45) is 13.5. The van der Waals surface area contributed by atoms with Gasteiger partial charge in [0.2, 0.25) is 0 Å². The van der Waals surface area contributed by atoms with Crippen molar-refractivity contribution in [1.29, 1.82) is 0 Å². The number of hydrogen-bond acceptors (Lipinski definition) is 4. The van der Waals surface area contributed by atoms with E-state index in [1.54, 1.807) is 0 Å². The van der Waals surface area contributed by atoms with Crippen molar-refractivity contribution >= 4 is 29.3 Å². The third-order valence-corrected chi connectivity index (χ3v) is 12.1. The first kappa shape index (κ1) is 20.1. The number of allylic oxidation sites excluding steroid dienone is 4. The highest BCUT2D eigenvalue weighted by molar-refractivity contribution is 8.18. The van der Waals surface area contributed by atoms with Crippen LogP contribution in [0.25, 0.3) is 0 Å². The maximum atomic E-state index is 11.9. The van der Waals surface area contributed by atoms with Crippen LogP contribution in [0, 0.1) is 28.6 Å². The largest absolute Gasteiger partial charge is 0.396 e. The maximum Gasteiger partial charge on any atom is 0.178 e. The fourth-order valence-electron chi connectivity index (χ4n) is 7.11. The van der Waals surface area contributed by atoms with Gasteiger partial charge in [0.1, 0.15) is 0 Å². The highest BCUT2D eigenvalue weighted by Crippen LogP contribution is 2.72. The number of ketones is 1. The molecule has 0 aliphatic heterocycles. The average Bonchev–Trinajstić information content (AvgIpc) is 2.94. The molecule has 2 nitrogen and oxygen atoms in total. The lowest BCUT2D eigenvalue weighted by Crippen LogP contribution is -2.52. The SMILES string of the molecule is CCSC1(SCCO)CC[C@H]2[C@@H]3CCC4=CC(=O)C=C[C@]4(C)[C@H]3CC[C@@]21C. The molecule has 0 saturated heterocycles. The Labute approximate surface area is 173 Å². The highest BCUT2D eigenvalue weighted by atomic mass is 32.2. The van der Waals surface area contributed by atoms with Gasteiger partial charge in [0.05, 0.1) is 10.7 Å². The molecule has 1 unspecified atom stereocenters. The first-order valence-electron chi connectivity index (χ1n) is 10.7. The van der Waals surface area contributed by atoms with Gasteiger partial charge in [-0.3, -0.25) is 4.79 Å². The predicted octanol–water partition coefficient (Wildman–Crippen LogP) is 5.47. The van der Waals surface area contributed by atoms with Crippen LogP contribution in [0.15, 0.2) is 23.8 Å². The molecule has 4 aliphatic carbocycles. The Morgan fingerprint density at radius 2 is 1.93 bits per heavy atom. The van der Waals surface area contributed by atoms with E-state index in [2.05, 4.69) is 38.6 Å². The third-order valence-electron chi connectivity index (χ3n) is 8.40. The maximum absolute atomic E-state index is 11.9.